The van der Waals surface area contributed by atoms with E-state index in [1.54, 1.807) is 18.2 Å². The maximum absolute atomic E-state index is 12.5. The fourth-order valence-electron chi connectivity index (χ4n) is 2.75. The average Bonchev–Trinajstić information content (AvgIpc) is 2.82. The van der Waals surface area contributed by atoms with Crippen LogP contribution in [-0.4, -0.2) is 26.7 Å². The molecule has 4 nitrogen and oxygen atoms in total. The zero-order valence-corrected chi connectivity index (χ0v) is 17.6. The third-order valence-corrected chi connectivity index (χ3v) is 4.95. The van der Waals surface area contributed by atoms with E-state index in [1.807, 2.05) is 13.0 Å². The number of aryl methyl sites for hydroxylation is 1. The molecule has 0 radical (unpaired) electrons. The van der Waals surface area contributed by atoms with Gasteiger partial charge in [-0.2, -0.15) is 0 Å². The van der Waals surface area contributed by atoms with Gasteiger partial charge in [-0.05, 0) is 57.0 Å². The molecule has 1 atom stereocenters. The van der Waals surface area contributed by atoms with Crippen molar-refractivity contribution in [3.05, 3.63) is 35.4 Å². The van der Waals surface area contributed by atoms with E-state index in [1.165, 1.54) is 12.8 Å². The van der Waals surface area contributed by atoms with Crippen LogP contribution in [0.5, 0.6) is 0 Å². The van der Waals surface area contributed by atoms with Crippen LogP contribution in [0.2, 0.25) is 0 Å². The van der Waals surface area contributed by atoms with E-state index in [2.05, 4.69) is 15.6 Å². The number of halogens is 3. The molecule has 142 valence electrons. The van der Waals surface area contributed by atoms with Gasteiger partial charge in [0.2, 0.25) is 3.79 Å². The zero-order chi connectivity index (χ0) is 19.2. The van der Waals surface area contributed by atoms with Gasteiger partial charge < -0.3 is 10.6 Å². The molecule has 0 aromatic heterocycles. The molecule has 2 N–H and O–H groups in total. The van der Waals surface area contributed by atoms with Gasteiger partial charge in [-0.1, -0.05) is 65.3 Å². The molecule has 1 aliphatic rings. The van der Waals surface area contributed by atoms with E-state index in [-0.39, 0.29) is 11.0 Å². The predicted octanol–water partition coefficient (Wildman–Crippen LogP) is 5.09. The minimum Gasteiger partial charge on any atom is -0.337 e. The largest absolute Gasteiger partial charge is 0.337 e. The molecule has 1 saturated carbocycles. The van der Waals surface area contributed by atoms with Crippen LogP contribution in [0.4, 0.5) is 0 Å². The van der Waals surface area contributed by atoms with Crippen LogP contribution in [0.25, 0.3) is 0 Å². The highest BCUT2D eigenvalue weighted by Gasteiger charge is 2.35. The van der Waals surface area contributed by atoms with Gasteiger partial charge in [-0.25, -0.2) is 4.99 Å². The molecular weight excluding hydrogens is 413 g/mol. The van der Waals surface area contributed by atoms with Gasteiger partial charge in [0.25, 0.3) is 5.91 Å². The van der Waals surface area contributed by atoms with Gasteiger partial charge in [0, 0.05) is 11.3 Å². The third-order valence-electron chi connectivity index (χ3n) is 4.09. The Morgan fingerprint density at radius 1 is 1.15 bits per heavy atom. The molecule has 0 bridgehead atoms. The number of alkyl halides is 3. The number of amides is 1. The van der Waals surface area contributed by atoms with Crippen LogP contribution in [0.1, 0.15) is 54.4 Å². The molecule has 0 heterocycles. The van der Waals surface area contributed by atoms with Crippen molar-refractivity contribution >= 4 is 63.8 Å². The topological polar surface area (TPSA) is 53.5 Å². The SMILES string of the molecule is Cc1cccc(C(=O)N[C@H](NC(=S)N=C2CCCCCC2)C(Cl)(Cl)Cl)c1. The van der Waals surface area contributed by atoms with E-state index in [9.17, 15) is 4.79 Å². The number of thiocarbonyl (C=S) groups is 1. The maximum Gasteiger partial charge on any atom is 0.252 e. The summed E-state index contributed by atoms with van der Waals surface area (Å²) in [5.41, 5.74) is 2.49. The van der Waals surface area contributed by atoms with E-state index in [0.717, 1.165) is 37.0 Å². The summed E-state index contributed by atoms with van der Waals surface area (Å²) < 4.78 is -1.78. The molecule has 1 aromatic rings. The highest BCUT2D eigenvalue weighted by Crippen LogP contribution is 2.29. The molecule has 1 aliphatic carbocycles. The smallest absolute Gasteiger partial charge is 0.252 e. The number of carbonyl (C=O) groups excluding carboxylic acids is 1. The van der Waals surface area contributed by atoms with Crippen LogP contribution in [0.15, 0.2) is 29.3 Å². The number of carbonyl (C=O) groups is 1. The second-order valence-electron chi connectivity index (χ2n) is 6.36. The fourth-order valence-corrected chi connectivity index (χ4v) is 3.32. The Morgan fingerprint density at radius 3 is 2.38 bits per heavy atom. The first-order valence-corrected chi connectivity index (χ1v) is 10.1. The molecule has 8 heteroatoms. The fraction of sp³-hybridized carbons (Fsp3) is 0.500. The number of hydrogen-bond acceptors (Lipinski definition) is 2. The Bertz CT molecular complexity index is 679. The van der Waals surface area contributed by atoms with Crippen molar-refractivity contribution in [2.75, 3.05) is 0 Å². The lowest BCUT2D eigenvalue weighted by molar-refractivity contribution is 0.0934. The second kappa shape index (κ2) is 9.88. The van der Waals surface area contributed by atoms with Crippen molar-refractivity contribution in [1.29, 1.82) is 0 Å². The quantitative estimate of drug-likeness (QED) is 0.301. The van der Waals surface area contributed by atoms with Gasteiger partial charge in [-0.3, -0.25) is 4.79 Å². The van der Waals surface area contributed by atoms with Crippen LogP contribution < -0.4 is 10.6 Å². The van der Waals surface area contributed by atoms with E-state index < -0.39 is 9.96 Å². The highest BCUT2D eigenvalue weighted by molar-refractivity contribution is 7.80. The first-order valence-electron chi connectivity index (χ1n) is 8.57. The minimum atomic E-state index is -1.78. The first-order chi connectivity index (χ1) is 12.3. The van der Waals surface area contributed by atoms with E-state index in [0.29, 0.717) is 5.56 Å². The molecule has 0 unspecified atom stereocenters. The molecule has 0 saturated heterocycles. The molecule has 26 heavy (non-hydrogen) atoms. The Morgan fingerprint density at radius 2 is 1.81 bits per heavy atom. The summed E-state index contributed by atoms with van der Waals surface area (Å²) in [4.78, 5) is 16.9. The van der Waals surface area contributed by atoms with Crippen LogP contribution in [-0.2, 0) is 0 Å². The third kappa shape index (κ3) is 7.03. The van der Waals surface area contributed by atoms with E-state index >= 15 is 0 Å². The molecular formula is C18H22Cl3N3OS. The summed E-state index contributed by atoms with van der Waals surface area (Å²) in [5.74, 6) is -0.359. The van der Waals surface area contributed by atoms with Crippen molar-refractivity contribution < 1.29 is 4.79 Å². The molecule has 2 rings (SSSR count). The van der Waals surface area contributed by atoms with Crippen molar-refractivity contribution in [3.63, 3.8) is 0 Å². The van der Waals surface area contributed by atoms with Gasteiger partial charge in [-0.15, -0.1) is 0 Å². The number of nitrogens with zero attached hydrogens (tertiary/aromatic N) is 1. The van der Waals surface area contributed by atoms with Crippen LogP contribution in [0.3, 0.4) is 0 Å². The number of benzene rings is 1. The molecule has 1 aromatic carbocycles. The maximum atomic E-state index is 12.5. The number of aliphatic imine (C=N–C) groups is 1. The molecule has 1 fully saturated rings. The first kappa shape index (κ1) is 21.4. The van der Waals surface area contributed by atoms with Crippen molar-refractivity contribution in [2.45, 2.75) is 55.4 Å². The second-order valence-corrected chi connectivity index (χ2v) is 9.11. The standard InChI is InChI=1S/C18H22Cl3N3OS/c1-12-7-6-8-13(11-12)15(25)23-16(18(19,20)21)24-17(26)22-14-9-4-2-3-5-10-14/h6-8,11,16H,2-5,9-10H2,1H3,(H,23,25)(H,24,26)/t16-/m1/s1. The summed E-state index contributed by atoms with van der Waals surface area (Å²) >= 11 is 23.4. The Kier molecular flexibility index (Phi) is 8.14. The number of nitrogens with one attached hydrogen (secondary N) is 2. The highest BCUT2D eigenvalue weighted by atomic mass is 35.6. The summed E-state index contributed by atoms with van der Waals surface area (Å²) in [6.45, 7) is 1.90. The number of hydrogen-bond donors (Lipinski definition) is 2. The van der Waals surface area contributed by atoms with Crippen LogP contribution in [0, 0.1) is 6.92 Å². The van der Waals surface area contributed by atoms with Gasteiger partial charge in [0.1, 0.15) is 6.17 Å². The van der Waals surface area contributed by atoms with Gasteiger partial charge >= 0.3 is 0 Å². The molecule has 1 amide bonds. The number of rotatable bonds is 3. The van der Waals surface area contributed by atoms with Crippen molar-refractivity contribution in [3.8, 4) is 0 Å². The average molecular weight is 435 g/mol. The Balaban J connectivity index is 2.06. The van der Waals surface area contributed by atoms with Gasteiger partial charge in [0.05, 0.1) is 0 Å². The van der Waals surface area contributed by atoms with Gasteiger partial charge in [0.15, 0.2) is 5.11 Å². The van der Waals surface area contributed by atoms with Crippen LogP contribution >= 0.6 is 47.0 Å². The van der Waals surface area contributed by atoms with Crippen molar-refractivity contribution in [1.82, 2.24) is 10.6 Å². The lowest BCUT2D eigenvalue weighted by Crippen LogP contribution is -2.54. The lowest BCUT2D eigenvalue weighted by atomic mass is 10.1. The summed E-state index contributed by atoms with van der Waals surface area (Å²) in [6.07, 6.45) is 5.50. The minimum absolute atomic E-state index is 0.211. The molecule has 0 aliphatic heterocycles. The Labute approximate surface area is 174 Å². The molecule has 0 spiro atoms. The monoisotopic (exact) mass is 433 g/mol. The lowest BCUT2D eigenvalue weighted by Gasteiger charge is -2.26. The summed E-state index contributed by atoms with van der Waals surface area (Å²) in [7, 11) is 0. The predicted molar refractivity (Wildman–Crippen MR) is 114 cm³/mol. The van der Waals surface area contributed by atoms with E-state index in [4.69, 9.17) is 47.0 Å². The van der Waals surface area contributed by atoms with Crippen molar-refractivity contribution in [2.24, 2.45) is 4.99 Å². The normalized spacial score (nSPS) is 16.4. The zero-order valence-electron chi connectivity index (χ0n) is 14.5. The Hall–Kier alpha value is -0.880. The summed E-state index contributed by atoms with van der Waals surface area (Å²) in [5, 5.41) is 5.75. The summed E-state index contributed by atoms with van der Waals surface area (Å²) in [6, 6.07) is 7.15.